The molecule has 0 amide bonds. The predicted octanol–water partition coefficient (Wildman–Crippen LogP) is 2.03. The molecule has 0 atom stereocenters. The minimum atomic E-state index is -0.446. The van der Waals surface area contributed by atoms with Crippen LogP contribution < -0.4 is 0 Å². The second kappa shape index (κ2) is 4.77. The Labute approximate surface area is 112 Å². The molecule has 0 radical (unpaired) electrons. The van der Waals surface area contributed by atoms with Crippen LogP contribution in [-0.4, -0.2) is 32.2 Å². The lowest BCUT2D eigenvalue weighted by molar-refractivity contribution is 0.0519. The highest BCUT2D eigenvalue weighted by Gasteiger charge is 2.15. The van der Waals surface area contributed by atoms with Crippen LogP contribution in [0.1, 0.15) is 17.4 Å². The predicted molar refractivity (Wildman–Crippen MR) is 70.1 cm³/mol. The molecule has 0 fully saturated rings. The van der Waals surface area contributed by atoms with E-state index in [4.69, 9.17) is 4.74 Å². The van der Waals surface area contributed by atoms with E-state index in [9.17, 15) is 4.79 Å². The number of nitrogens with zero attached hydrogens (tertiary/aromatic N) is 4. The highest BCUT2D eigenvalue weighted by molar-refractivity contribution is 7.13. The lowest BCUT2D eigenvalue weighted by Gasteiger charge is -1.99. The Morgan fingerprint density at radius 3 is 3.05 bits per heavy atom. The van der Waals surface area contributed by atoms with Gasteiger partial charge in [-0.1, -0.05) is 0 Å². The average Bonchev–Trinajstić information content (AvgIpc) is 3.07. The number of fused-ring (bicyclic) bond motifs is 1. The molecule has 6 nitrogen and oxygen atoms in total. The topological polar surface area (TPSA) is 69.4 Å². The second-order valence-corrected chi connectivity index (χ2v) is 4.58. The zero-order chi connectivity index (χ0) is 13.2. The summed E-state index contributed by atoms with van der Waals surface area (Å²) in [5.74, 6) is -0.446. The third-order valence-corrected chi connectivity index (χ3v) is 3.29. The average molecular weight is 274 g/mol. The van der Waals surface area contributed by atoms with E-state index >= 15 is 0 Å². The van der Waals surface area contributed by atoms with E-state index in [1.807, 2.05) is 11.4 Å². The van der Waals surface area contributed by atoms with Gasteiger partial charge in [0.25, 0.3) is 0 Å². The monoisotopic (exact) mass is 274 g/mol. The van der Waals surface area contributed by atoms with Crippen LogP contribution in [0.2, 0.25) is 0 Å². The van der Waals surface area contributed by atoms with Crippen LogP contribution in [0.25, 0.3) is 16.3 Å². The molecule has 96 valence electrons. The molecule has 0 unspecified atom stereocenters. The van der Waals surface area contributed by atoms with Crippen molar-refractivity contribution < 1.29 is 9.53 Å². The Balaban J connectivity index is 2.13. The molecule has 3 aromatic rings. The second-order valence-electron chi connectivity index (χ2n) is 3.69. The summed E-state index contributed by atoms with van der Waals surface area (Å²) in [5, 5.41) is 6.94. The molecule has 0 N–H and O–H groups in total. The van der Waals surface area contributed by atoms with Gasteiger partial charge in [0.2, 0.25) is 0 Å². The first-order valence-electron chi connectivity index (χ1n) is 5.71. The van der Waals surface area contributed by atoms with Crippen molar-refractivity contribution in [2.45, 2.75) is 6.92 Å². The van der Waals surface area contributed by atoms with Gasteiger partial charge in [-0.3, -0.25) is 0 Å². The van der Waals surface area contributed by atoms with Crippen LogP contribution in [0, 0.1) is 0 Å². The maximum Gasteiger partial charge on any atom is 0.358 e. The Hall–Kier alpha value is -2.28. The first-order chi connectivity index (χ1) is 9.29. The molecule has 0 saturated heterocycles. The Morgan fingerprint density at radius 1 is 1.42 bits per heavy atom. The van der Waals surface area contributed by atoms with Crippen LogP contribution in [0.4, 0.5) is 0 Å². The summed E-state index contributed by atoms with van der Waals surface area (Å²) in [6, 6.07) is 3.42. The first kappa shape index (κ1) is 11.8. The Morgan fingerprint density at radius 2 is 2.32 bits per heavy atom. The van der Waals surface area contributed by atoms with E-state index in [0.29, 0.717) is 12.3 Å². The third kappa shape index (κ3) is 2.08. The van der Waals surface area contributed by atoms with Gasteiger partial charge in [0.15, 0.2) is 11.3 Å². The lowest BCUT2D eigenvalue weighted by atomic mass is 10.4. The fourth-order valence-electron chi connectivity index (χ4n) is 1.71. The smallest absolute Gasteiger partial charge is 0.358 e. The summed E-state index contributed by atoms with van der Waals surface area (Å²) in [5.41, 5.74) is 1.64. The van der Waals surface area contributed by atoms with Crippen molar-refractivity contribution in [1.82, 2.24) is 19.6 Å². The van der Waals surface area contributed by atoms with E-state index in [1.54, 1.807) is 29.9 Å². The fraction of sp³-hybridized carbons (Fsp3) is 0.167. The van der Waals surface area contributed by atoms with Crippen molar-refractivity contribution in [3.8, 4) is 10.7 Å². The van der Waals surface area contributed by atoms with Crippen LogP contribution in [-0.2, 0) is 4.74 Å². The van der Waals surface area contributed by atoms with Crippen molar-refractivity contribution >= 4 is 23.0 Å². The van der Waals surface area contributed by atoms with Gasteiger partial charge in [0.1, 0.15) is 10.7 Å². The van der Waals surface area contributed by atoms with Crippen LogP contribution in [0.15, 0.2) is 29.9 Å². The quantitative estimate of drug-likeness (QED) is 0.683. The van der Waals surface area contributed by atoms with E-state index in [2.05, 4.69) is 15.1 Å². The number of aromatic nitrogens is 4. The third-order valence-electron chi connectivity index (χ3n) is 2.49. The lowest BCUT2D eigenvalue weighted by Crippen LogP contribution is -2.05. The van der Waals surface area contributed by atoms with Gasteiger partial charge in [0.05, 0.1) is 6.61 Å². The molecule has 0 aliphatic heterocycles. The van der Waals surface area contributed by atoms with Gasteiger partial charge in [-0.05, 0) is 13.0 Å². The number of ether oxygens (including phenoxy) is 1. The number of esters is 1. The van der Waals surface area contributed by atoms with Gasteiger partial charge >= 0.3 is 5.97 Å². The molecule has 19 heavy (non-hydrogen) atoms. The summed E-state index contributed by atoms with van der Waals surface area (Å²) < 4.78 is 6.53. The molecular weight excluding hydrogens is 264 g/mol. The SMILES string of the molecule is CCOC(=O)c1cc2nccc(-c3nccs3)n2n1. The summed E-state index contributed by atoms with van der Waals surface area (Å²) in [4.78, 5) is 20.1. The number of hydrogen-bond acceptors (Lipinski definition) is 6. The first-order valence-corrected chi connectivity index (χ1v) is 6.59. The minimum Gasteiger partial charge on any atom is -0.461 e. The van der Waals surface area contributed by atoms with E-state index in [0.717, 1.165) is 10.7 Å². The minimum absolute atomic E-state index is 0.248. The molecule has 3 heterocycles. The van der Waals surface area contributed by atoms with Crippen molar-refractivity contribution in [2.24, 2.45) is 0 Å². The normalized spacial score (nSPS) is 10.8. The maximum atomic E-state index is 11.7. The Kier molecular flexibility index (Phi) is 2.96. The number of rotatable bonds is 3. The van der Waals surface area contributed by atoms with E-state index < -0.39 is 5.97 Å². The summed E-state index contributed by atoms with van der Waals surface area (Å²) in [7, 11) is 0. The van der Waals surface area contributed by atoms with Gasteiger partial charge in [-0.25, -0.2) is 19.3 Å². The Bertz CT molecular complexity index is 720. The van der Waals surface area contributed by atoms with Crippen LogP contribution in [0.5, 0.6) is 0 Å². The van der Waals surface area contributed by atoms with Crippen molar-refractivity contribution in [3.05, 3.63) is 35.6 Å². The van der Waals surface area contributed by atoms with E-state index in [1.165, 1.54) is 11.3 Å². The van der Waals surface area contributed by atoms with Gasteiger partial charge in [0, 0.05) is 23.8 Å². The van der Waals surface area contributed by atoms with Crippen LogP contribution >= 0.6 is 11.3 Å². The molecule has 3 aromatic heterocycles. The van der Waals surface area contributed by atoms with Crippen molar-refractivity contribution in [3.63, 3.8) is 0 Å². The maximum absolute atomic E-state index is 11.7. The number of carbonyl (C=O) groups excluding carboxylic acids is 1. The zero-order valence-electron chi connectivity index (χ0n) is 10.1. The fourth-order valence-corrected chi connectivity index (χ4v) is 2.36. The highest BCUT2D eigenvalue weighted by Crippen LogP contribution is 2.22. The number of hydrogen-bond donors (Lipinski definition) is 0. The molecule has 3 rings (SSSR count). The molecule has 7 heteroatoms. The molecule has 0 saturated carbocycles. The number of thiazole rings is 1. The van der Waals surface area contributed by atoms with Gasteiger partial charge in [-0.15, -0.1) is 11.3 Å². The van der Waals surface area contributed by atoms with Gasteiger partial charge < -0.3 is 4.74 Å². The van der Waals surface area contributed by atoms with Crippen molar-refractivity contribution in [2.75, 3.05) is 6.61 Å². The van der Waals surface area contributed by atoms with Gasteiger partial charge in [-0.2, -0.15) is 5.10 Å². The molecular formula is C12H10N4O2S. The molecule has 0 bridgehead atoms. The molecule has 0 aliphatic rings. The van der Waals surface area contributed by atoms with Crippen molar-refractivity contribution in [1.29, 1.82) is 0 Å². The summed E-state index contributed by atoms with van der Waals surface area (Å²) >= 11 is 1.50. The highest BCUT2D eigenvalue weighted by atomic mass is 32.1. The summed E-state index contributed by atoms with van der Waals surface area (Å²) in [6.45, 7) is 2.08. The standard InChI is InChI=1S/C12H10N4O2S/c1-2-18-12(17)8-7-10-13-4-3-9(16(10)15-8)11-14-5-6-19-11/h3-7H,2H2,1H3. The molecule has 0 aliphatic carbocycles. The number of carbonyl (C=O) groups is 1. The molecule has 0 aromatic carbocycles. The zero-order valence-corrected chi connectivity index (χ0v) is 10.9. The van der Waals surface area contributed by atoms with E-state index in [-0.39, 0.29) is 5.69 Å². The summed E-state index contributed by atoms with van der Waals surface area (Å²) in [6.07, 6.45) is 3.39. The van der Waals surface area contributed by atoms with Crippen LogP contribution in [0.3, 0.4) is 0 Å². The largest absolute Gasteiger partial charge is 0.461 e. The molecule has 0 spiro atoms.